The molecule has 1 amide bonds. The van der Waals surface area contributed by atoms with Crippen LogP contribution in [-0.4, -0.2) is 53.4 Å². The summed E-state index contributed by atoms with van der Waals surface area (Å²) in [4.78, 5) is 18.6. The maximum atomic E-state index is 12.6. The summed E-state index contributed by atoms with van der Waals surface area (Å²) in [7, 11) is 1.61. The van der Waals surface area contributed by atoms with E-state index in [-0.39, 0.29) is 5.91 Å². The van der Waals surface area contributed by atoms with E-state index in [2.05, 4.69) is 4.98 Å². The molecule has 128 valence electrons. The number of carbonyl (C=O) groups excluding carboxylic acids is 1. The van der Waals surface area contributed by atoms with Crippen LogP contribution in [0.5, 0.6) is 5.75 Å². The first-order valence-corrected chi connectivity index (χ1v) is 8.91. The third-order valence-corrected chi connectivity index (χ3v) is 4.45. The Kier molecular flexibility index (Phi) is 5.11. The van der Waals surface area contributed by atoms with Gasteiger partial charge in [-0.25, -0.2) is 4.98 Å². The van der Waals surface area contributed by atoms with E-state index >= 15 is 0 Å². The molecule has 2 aromatic rings. The number of carbonyl (C=O) groups is 1. The van der Waals surface area contributed by atoms with Crippen molar-refractivity contribution in [1.82, 2.24) is 14.5 Å². The molecule has 2 heterocycles. The zero-order chi connectivity index (χ0) is 17.1. The van der Waals surface area contributed by atoms with Crippen LogP contribution < -0.4 is 4.74 Å². The lowest BCUT2D eigenvalue weighted by atomic mass is 10.00. The van der Waals surface area contributed by atoms with Crippen LogP contribution in [0.4, 0.5) is 0 Å². The second kappa shape index (κ2) is 7.27. The van der Waals surface area contributed by atoms with Crippen molar-refractivity contribution in [3.8, 4) is 11.4 Å². The average molecular weight is 347 g/mol. The molecule has 0 spiro atoms. The Morgan fingerprint density at radius 2 is 2.21 bits per heavy atom. The van der Waals surface area contributed by atoms with Gasteiger partial charge in [0.05, 0.1) is 31.4 Å². The first kappa shape index (κ1) is 16.9. The van der Waals surface area contributed by atoms with E-state index in [0.29, 0.717) is 23.8 Å². The third-order valence-electron chi connectivity index (χ3n) is 4.08. The maximum Gasteiger partial charge on any atom is 0.254 e. The van der Waals surface area contributed by atoms with Gasteiger partial charge in [0.15, 0.2) is 0 Å². The van der Waals surface area contributed by atoms with Gasteiger partial charge in [0.2, 0.25) is 0 Å². The second-order valence-electron chi connectivity index (χ2n) is 5.84. The Bertz CT molecular complexity index is 726. The summed E-state index contributed by atoms with van der Waals surface area (Å²) in [5.41, 5.74) is 2.43. The molecule has 0 radical (unpaired) electrons. The number of aryl methyl sites for hydroxylation is 1. The summed E-state index contributed by atoms with van der Waals surface area (Å²) in [6.07, 6.45) is 5.56. The molecule has 0 atom stereocenters. The fourth-order valence-electron chi connectivity index (χ4n) is 2.76. The monoisotopic (exact) mass is 347 g/mol. The fourth-order valence-corrected chi connectivity index (χ4v) is 3.09. The number of hydrogen-bond acceptors (Lipinski definition) is 5. The van der Waals surface area contributed by atoms with Crippen molar-refractivity contribution in [3.63, 3.8) is 0 Å². The molecule has 1 fully saturated rings. The van der Waals surface area contributed by atoms with E-state index in [1.54, 1.807) is 19.5 Å². The lowest BCUT2D eigenvalue weighted by molar-refractivity contribution is 0.0415. The van der Waals surface area contributed by atoms with Crippen molar-refractivity contribution >= 4 is 17.9 Å². The summed E-state index contributed by atoms with van der Waals surface area (Å²) in [6.45, 7) is 4.10. The Hall–Kier alpha value is -1.99. The molecular formula is C17H21N3O3S. The number of benzene rings is 1. The minimum atomic E-state index is 0.0297. The van der Waals surface area contributed by atoms with Crippen LogP contribution in [0, 0.1) is 12.8 Å². The second-order valence-corrected chi connectivity index (χ2v) is 6.41. The third kappa shape index (κ3) is 3.42. The van der Waals surface area contributed by atoms with Gasteiger partial charge in [0, 0.05) is 37.0 Å². The molecule has 1 aliphatic rings. The van der Waals surface area contributed by atoms with Gasteiger partial charge >= 0.3 is 0 Å². The predicted molar refractivity (Wildman–Crippen MR) is 93.7 cm³/mol. The molecule has 7 heteroatoms. The first-order valence-electron chi connectivity index (χ1n) is 7.76. The lowest BCUT2D eigenvalue weighted by Gasteiger charge is -2.38. The molecule has 1 aromatic carbocycles. The van der Waals surface area contributed by atoms with Crippen molar-refractivity contribution in [3.05, 3.63) is 42.0 Å². The molecule has 3 rings (SSSR count). The van der Waals surface area contributed by atoms with Crippen LogP contribution in [0.25, 0.3) is 5.69 Å². The highest BCUT2D eigenvalue weighted by Crippen LogP contribution is 2.27. The summed E-state index contributed by atoms with van der Waals surface area (Å²) in [5.74, 6) is 1.11. The highest BCUT2D eigenvalue weighted by molar-refractivity contribution is 7.93. The van der Waals surface area contributed by atoms with Gasteiger partial charge in [0.1, 0.15) is 5.75 Å². The molecule has 0 unspecified atom stereocenters. The number of imidazole rings is 1. The van der Waals surface area contributed by atoms with Gasteiger partial charge in [-0.15, -0.1) is 0 Å². The van der Waals surface area contributed by atoms with Crippen molar-refractivity contribution < 1.29 is 13.7 Å². The minimum absolute atomic E-state index is 0.0297. The lowest BCUT2D eigenvalue weighted by Crippen LogP contribution is -2.51. The number of hydrogen-bond donors (Lipinski definition) is 0. The molecular weight excluding hydrogens is 326 g/mol. The number of nitrogens with zero attached hydrogens (tertiary/aromatic N) is 3. The van der Waals surface area contributed by atoms with Gasteiger partial charge in [-0.2, -0.15) is 0 Å². The molecule has 1 aliphatic heterocycles. The zero-order valence-electron chi connectivity index (χ0n) is 14.1. The Balaban J connectivity index is 1.72. The van der Waals surface area contributed by atoms with E-state index in [9.17, 15) is 4.79 Å². The van der Waals surface area contributed by atoms with Crippen molar-refractivity contribution in [1.29, 1.82) is 0 Å². The molecule has 0 aliphatic carbocycles. The summed E-state index contributed by atoms with van der Waals surface area (Å²) >= 11 is 1.36. The molecule has 1 saturated heterocycles. The van der Waals surface area contributed by atoms with Crippen molar-refractivity contribution in [2.75, 3.05) is 33.1 Å². The highest BCUT2D eigenvalue weighted by Gasteiger charge is 2.31. The number of methoxy groups -OCH3 is 1. The van der Waals surface area contributed by atoms with Gasteiger partial charge < -0.3 is 18.4 Å². The topological polar surface area (TPSA) is 56.6 Å². The van der Waals surface area contributed by atoms with Gasteiger partial charge in [-0.3, -0.25) is 4.79 Å². The van der Waals surface area contributed by atoms with Crippen LogP contribution in [0.2, 0.25) is 0 Å². The SMILES string of the molecule is COc1cc(C(=O)N2CC(COSC)C2)ccc1-n1cnc(C)c1. The van der Waals surface area contributed by atoms with E-state index in [4.69, 9.17) is 8.92 Å². The molecule has 1 aromatic heterocycles. The van der Waals surface area contributed by atoms with Crippen LogP contribution in [0.15, 0.2) is 30.7 Å². The standard InChI is InChI=1S/C17H21N3O3S/c1-12-7-20(11-18-12)15-5-4-14(6-16(15)22-2)17(21)19-8-13(9-19)10-23-24-3/h4-7,11,13H,8-10H2,1-3H3. The summed E-state index contributed by atoms with van der Waals surface area (Å²) in [6, 6.07) is 5.52. The first-order chi connectivity index (χ1) is 11.6. The Morgan fingerprint density at radius 1 is 1.42 bits per heavy atom. The zero-order valence-corrected chi connectivity index (χ0v) is 14.9. The summed E-state index contributed by atoms with van der Waals surface area (Å²) in [5, 5.41) is 0. The van der Waals surface area contributed by atoms with Crippen LogP contribution >= 0.6 is 12.0 Å². The van der Waals surface area contributed by atoms with Gasteiger partial charge in [0.25, 0.3) is 5.91 Å². The molecule has 0 bridgehead atoms. The van der Waals surface area contributed by atoms with Crippen LogP contribution in [0.1, 0.15) is 16.1 Å². The van der Waals surface area contributed by atoms with Gasteiger partial charge in [-0.05, 0) is 37.2 Å². The molecule has 6 nitrogen and oxygen atoms in total. The minimum Gasteiger partial charge on any atom is -0.495 e. The molecule has 24 heavy (non-hydrogen) atoms. The molecule has 0 N–H and O–H groups in total. The smallest absolute Gasteiger partial charge is 0.254 e. The highest BCUT2D eigenvalue weighted by atomic mass is 32.2. The number of ether oxygens (including phenoxy) is 1. The predicted octanol–water partition coefficient (Wildman–Crippen LogP) is 2.56. The number of aromatic nitrogens is 2. The summed E-state index contributed by atoms with van der Waals surface area (Å²) < 4.78 is 12.7. The average Bonchev–Trinajstić information content (AvgIpc) is 2.99. The van der Waals surface area contributed by atoms with Crippen LogP contribution in [0.3, 0.4) is 0 Å². The quantitative estimate of drug-likeness (QED) is 0.752. The normalized spacial score (nSPS) is 14.5. The number of amides is 1. The largest absolute Gasteiger partial charge is 0.495 e. The van der Waals surface area contributed by atoms with E-state index < -0.39 is 0 Å². The molecule has 0 saturated carbocycles. The number of rotatable bonds is 6. The van der Waals surface area contributed by atoms with E-state index in [1.807, 2.05) is 41.0 Å². The Morgan fingerprint density at radius 3 is 2.83 bits per heavy atom. The maximum absolute atomic E-state index is 12.6. The van der Waals surface area contributed by atoms with E-state index in [1.165, 1.54) is 12.0 Å². The Labute approximate surface area is 146 Å². The van der Waals surface area contributed by atoms with E-state index in [0.717, 1.165) is 24.5 Å². The fraction of sp³-hybridized carbons (Fsp3) is 0.412. The number of likely N-dealkylation sites (tertiary alicyclic amines) is 1. The van der Waals surface area contributed by atoms with Gasteiger partial charge in [-0.1, -0.05) is 0 Å². The van der Waals surface area contributed by atoms with Crippen molar-refractivity contribution in [2.45, 2.75) is 6.92 Å². The van der Waals surface area contributed by atoms with Crippen LogP contribution in [-0.2, 0) is 4.18 Å². The van der Waals surface area contributed by atoms with Crippen molar-refractivity contribution in [2.24, 2.45) is 5.92 Å².